The summed E-state index contributed by atoms with van der Waals surface area (Å²) in [6.45, 7) is -0.572. The van der Waals surface area contributed by atoms with Crippen LogP contribution in [0.15, 0.2) is 71.7 Å². The van der Waals surface area contributed by atoms with Gasteiger partial charge in [-0.05, 0) is 36.4 Å². The smallest absolute Gasteiger partial charge is 0.265 e. The predicted octanol–water partition coefficient (Wildman–Crippen LogP) is 3.79. The van der Waals surface area contributed by atoms with Crippen molar-refractivity contribution in [3.8, 4) is 0 Å². The van der Waals surface area contributed by atoms with Crippen LogP contribution in [0.4, 0.5) is 13.2 Å². The van der Waals surface area contributed by atoms with Gasteiger partial charge in [0.25, 0.3) is 11.5 Å². The highest BCUT2D eigenvalue weighted by atomic mass is 19.1. The summed E-state index contributed by atoms with van der Waals surface area (Å²) in [4.78, 5) is 30.0. The minimum atomic E-state index is -0.806. The van der Waals surface area contributed by atoms with E-state index >= 15 is 0 Å². The number of halogens is 3. The number of amides is 1. The average molecular weight is 423 g/mol. The van der Waals surface area contributed by atoms with Crippen molar-refractivity contribution in [3.63, 3.8) is 0 Å². The molecule has 2 heterocycles. The fourth-order valence-corrected chi connectivity index (χ4v) is 3.28. The molecule has 4 aromatic rings. The highest BCUT2D eigenvalue weighted by molar-refractivity contribution is 5.96. The Balaban J connectivity index is 1.73. The van der Waals surface area contributed by atoms with Crippen molar-refractivity contribution in [3.05, 3.63) is 111 Å². The van der Waals surface area contributed by atoms with E-state index in [1.165, 1.54) is 41.1 Å². The Kier molecular flexibility index (Phi) is 5.53. The molecule has 31 heavy (non-hydrogen) atoms. The van der Waals surface area contributed by atoms with E-state index in [9.17, 15) is 22.8 Å². The van der Waals surface area contributed by atoms with Gasteiger partial charge in [0, 0.05) is 29.3 Å². The SMILES string of the molecule is O=C(NCc1c(F)cccc1F)c1cc2cccnc2n(Cc2ccccc2F)c1=O. The van der Waals surface area contributed by atoms with Crippen molar-refractivity contribution in [2.24, 2.45) is 0 Å². The molecule has 1 amide bonds. The molecule has 2 aromatic carbocycles. The number of nitrogens with one attached hydrogen (secondary N) is 1. The number of hydrogen-bond donors (Lipinski definition) is 1. The van der Waals surface area contributed by atoms with E-state index < -0.39 is 35.5 Å². The van der Waals surface area contributed by atoms with Crippen molar-refractivity contribution in [2.75, 3.05) is 0 Å². The van der Waals surface area contributed by atoms with Crippen LogP contribution in [0.25, 0.3) is 11.0 Å². The summed E-state index contributed by atoms with van der Waals surface area (Å²) in [6, 6.07) is 14.0. The molecule has 156 valence electrons. The van der Waals surface area contributed by atoms with Gasteiger partial charge in [0.1, 0.15) is 28.7 Å². The zero-order chi connectivity index (χ0) is 22.0. The van der Waals surface area contributed by atoms with Gasteiger partial charge in [-0.15, -0.1) is 0 Å². The Bertz CT molecular complexity index is 1330. The second-order valence-electron chi connectivity index (χ2n) is 6.84. The molecule has 4 rings (SSSR count). The summed E-state index contributed by atoms with van der Waals surface area (Å²) in [5.74, 6) is -2.91. The maximum absolute atomic E-state index is 14.2. The second kappa shape index (κ2) is 8.43. The lowest BCUT2D eigenvalue weighted by Gasteiger charge is -2.13. The Morgan fingerprint density at radius 2 is 1.65 bits per heavy atom. The van der Waals surface area contributed by atoms with E-state index in [4.69, 9.17) is 0 Å². The lowest BCUT2D eigenvalue weighted by Crippen LogP contribution is -2.34. The summed E-state index contributed by atoms with van der Waals surface area (Å²) in [6.07, 6.45) is 1.49. The summed E-state index contributed by atoms with van der Waals surface area (Å²) < 4.78 is 43.0. The van der Waals surface area contributed by atoms with E-state index in [1.807, 2.05) is 0 Å². The van der Waals surface area contributed by atoms with Crippen molar-refractivity contribution in [2.45, 2.75) is 13.1 Å². The summed E-state index contributed by atoms with van der Waals surface area (Å²) in [5, 5.41) is 2.86. The fourth-order valence-electron chi connectivity index (χ4n) is 3.28. The number of nitrogens with zero attached hydrogens (tertiary/aromatic N) is 2. The molecular formula is C23H16F3N3O2. The molecule has 0 aliphatic rings. The van der Waals surface area contributed by atoms with Crippen molar-refractivity contribution < 1.29 is 18.0 Å². The van der Waals surface area contributed by atoms with Crippen LogP contribution < -0.4 is 10.9 Å². The van der Waals surface area contributed by atoms with Gasteiger partial charge in [-0.2, -0.15) is 0 Å². The topological polar surface area (TPSA) is 64.0 Å². The van der Waals surface area contributed by atoms with Crippen molar-refractivity contribution in [1.82, 2.24) is 14.9 Å². The maximum Gasteiger partial charge on any atom is 0.265 e. The molecule has 5 nitrogen and oxygen atoms in total. The summed E-state index contributed by atoms with van der Waals surface area (Å²) >= 11 is 0. The predicted molar refractivity (Wildman–Crippen MR) is 109 cm³/mol. The molecule has 0 unspecified atom stereocenters. The highest BCUT2D eigenvalue weighted by Crippen LogP contribution is 2.15. The molecule has 0 atom stereocenters. The lowest BCUT2D eigenvalue weighted by molar-refractivity contribution is 0.0948. The van der Waals surface area contributed by atoms with Crippen LogP contribution in [0.3, 0.4) is 0 Å². The van der Waals surface area contributed by atoms with Crippen molar-refractivity contribution >= 4 is 16.9 Å². The summed E-state index contributed by atoms with van der Waals surface area (Å²) in [7, 11) is 0. The number of aromatic nitrogens is 2. The average Bonchev–Trinajstić information content (AvgIpc) is 2.76. The van der Waals surface area contributed by atoms with Crippen LogP contribution >= 0.6 is 0 Å². The number of pyridine rings is 2. The van der Waals surface area contributed by atoms with Gasteiger partial charge in [-0.25, -0.2) is 18.2 Å². The number of hydrogen-bond acceptors (Lipinski definition) is 3. The molecule has 0 aliphatic heterocycles. The standard InChI is InChI=1S/C23H16F3N3O2/c24-18-7-2-1-5-15(18)13-29-21-14(6-4-10-27-21)11-16(23(29)31)22(30)28-12-17-19(25)8-3-9-20(17)26/h1-11H,12-13H2,(H,28,30). The molecule has 1 N–H and O–H groups in total. The lowest BCUT2D eigenvalue weighted by atomic mass is 10.1. The van der Waals surface area contributed by atoms with E-state index in [0.29, 0.717) is 5.39 Å². The third-order valence-electron chi connectivity index (χ3n) is 4.87. The Hall–Kier alpha value is -3.94. The number of carbonyl (C=O) groups is 1. The first-order valence-electron chi connectivity index (χ1n) is 9.39. The summed E-state index contributed by atoms with van der Waals surface area (Å²) in [5.41, 5.74) is -0.713. The molecule has 0 aliphatic carbocycles. The van der Waals surface area contributed by atoms with Crippen LogP contribution in [0, 0.1) is 17.5 Å². The molecule has 0 saturated heterocycles. The van der Waals surface area contributed by atoms with Gasteiger partial charge in [-0.3, -0.25) is 14.2 Å². The first-order chi connectivity index (χ1) is 15.0. The minimum absolute atomic E-state index is 0.137. The molecule has 0 saturated carbocycles. The van der Waals surface area contributed by atoms with E-state index in [2.05, 4.69) is 10.3 Å². The fraction of sp³-hybridized carbons (Fsp3) is 0.0870. The zero-order valence-corrected chi connectivity index (χ0v) is 16.1. The largest absolute Gasteiger partial charge is 0.348 e. The molecule has 0 fully saturated rings. The number of fused-ring (bicyclic) bond motifs is 1. The van der Waals surface area contributed by atoms with Crippen LogP contribution in [0.2, 0.25) is 0 Å². The zero-order valence-electron chi connectivity index (χ0n) is 16.1. The van der Waals surface area contributed by atoms with E-state index in [0.717, 1.165) is 12.1 Å². The van der Waals surface area contributed by atoms with Gasteiger partial charge < -0.3 is 5.32 Å². The molecule has 0 bridgehead atoms. The van der Waals surface area contributed by atoms with Crippen molar-refractivity contribution in [1.29, 1.82) is 0 Å². The number of carbonyl (C=O) groups excluding carboxylic acids is 1. The second-order valence-corrected chi connectivity index (χ2v) is 6.84. The first kappa shape index (κ1) is 20.3. The van der Waals surface area contributed by atoms with Gasteiger partial charge in [-0.1, -0.05) is 24.3 Å². The number of benzene rings is 2. The van der Waals surface area contributed by atoms with Crippen LogP contribution in [0.1, 0.15) is 21.5 Å². The van der Waals surface area contributed by atoms with E-state index in [1.54, 1.807) is 18.2 Å². The van der Waals surface area contributed by atoms with Crippen LogP contribution in [-0.4, -0.2) is 15.5 Å². The van der Waals surface area contributed by atoms with Gasteiger partial charge in [0.2, 0.25) is 0 Å². The molecular weight excluding hydrogens is 407 g/mol. The Morgan fingerprint density at radius 3 is 2.39 bits per heavy atom. The molecule has 0 spiro atoms. The Morgan fingerprint density at radius 1 is 0.935 bits per heavy atom. The molecule has 0 radical (unpaired) electrons. The quantitative estimate of drug-likeness (QED) is 0.531. The molecule has 8 heteroatoms. The number of rotatable bonds is 5. The normalized spacial score (nSPS) is 10.9. The van der Waals surface area contributed by atoms with Gasteiger partial charge in [0.15, 0.2) is 0 Å². The van der Waals surface area contributed by atoms with Crippen LogP contribution in [0.5, 0.6) is 0 Å². The Labute approximate surface area is 174 Å². The van der Waals surface area contributed by atoms with Crippen LogP contribution in [-0.2, 0) is 13.1 Å². The third-order valence-corrected chi connectivity index (χ3v) is 4.87. The molecule has 2 aromatic heterocycles. The maximum atomic E-state index is 14.2. The highest BCUT2D eigenvalue weighted by Gasteiger charge is 2.18. The first-order valence-corrected chi connectivity index (χ1v) is 9.39. The van der Waals surface area contributed by atoms with Gasteiger partial charge >= 0.3 is 0 Å². The third kappa shape index (κ3) is 4.05. The minimum Gasteiger partial charge on any atom is -0.348 e. The van der Waals surface area contributed by atoms with Gasteiger partial charge in [0.05, 0.1) is 6.54 Å². The van der Waals surface area contributed by atoms with E-state index in [-0.39, 0.29) is 28.9 Å². The monoisotopic (exact) mass is 423 g/mol.